The summed E-state index contributed by atoms with van der Waals surface area (Å²) in [7, 11) is 0. The molecule has 124 valence electrons. The van der Waals surface area contributed by atoms with E-state index in [0.29, 0.717) is 0 Å². The number of rotatable bonds is 4. The third-order valence-electron chi connectivity index (χ3n) is 3.00. The Labute approximate surface area is 150 Å². The van der Waals surface area contributed by atoms with Crippen LogP contribution in [-0.2, 0) is 0 Å². The highest BCUT2D eigenvalue weighted by Gasteiger charge is 2.25. The number of phenols is 2. The van der Waals surface area contributed by atoms with Crippen molar-refractivity contribution in [1.29, 1.82) is 0 Å². The lowest BCUT2D eigenvalue weighted by atomic mass is 10.0. The normalized spacial score (nSPS) is 10.4. The Morgan fingerprint density at radius 1 is 0.833 bits per heavy atom. The van der Waals surface area contributed by atoms with Crippen LogP contribution in [0.25, 0.3) is 0 Å². The van der Waals surface area contributed by atoms with E-state index in [-0.39, 0.29) is 20.1 Å². The van der Waals surface area contributed by atoms with Crippen LogP contribution >= 0.6 is 31.9 Å². The van der Waals surface area contributed by atoms with Crippen molar-refractivity contribution in [3.63, 3.8) is 0 Å². The third-order valence-corrected chi connectivity index (χ3v) is 4.21. The molecular formula is C13H6Br2N2O7. The van der Waals surface area contributed by atoms with Crippen LogP contribution in [0, 0.1) is 20.2 Å². The molecule has 24 heavy (non-hydrogen) atoms. The molecule has 2 N–H and O–H groups in total. The van der Waals surface area contributed by atoms with Gasteiger partial charge in [-0.1, -0.05) is 0 Å². The van der Waals surface area contributed by atoms with Crippen molar-refractivity contribution in [2.24, 2.45) is 0 Å². The first-order valence-corrected chi connectivity index (χ1v) is 7.60. The molecule has 0 amide bonds. The molecule has 0 heterocycles. The van der Waals surface area contributed by atoms with Crippen LogP contribution in [-0.4, -0.2) is 25.8 Å². The monoisotopic (exact) mass is 460 g/mol. The van der Waals surface area contributed by atoms with E-state index in [1.807, 2.05) is 0 Å². The highest BCUT2D eigenvalue weighted by molar-refractivity contribution is 9.11. The number of carbonyl (C=O) groups excluding carboxylic acids is 1. The number of carbonyl (C=O) groups is 1. The first-order chi connectivity index (χ1) is 11.1. The molecule has 11 heteroatoms. The quantitative estimate of drug-likeness (QED) is 0.401. The zero-order chi connectivity index (χ0) is 18.2. The highest BCUT2D eigenvalue weighted by Crippen LogP contribution is 2.38. The van der Waals surface area contributed by atoms with Gasteiger partial charge in [-0.2, -0.15) is 0 Å². The fourth-order valence-corrected chi connectivity index (χ4v) is 2.78. The summed E-state index contributed by atoms with van der Waals surface area (Å²) >= 11 is 5.81. The summed E-state index contributed by atoms with van der Waals surface area (Å²) < 4.78 is -0.153. The van der Waals surface area contributed by atoms with Crippen LogP contribution in [0.4, 0.5) is 11.4 Å². The lowest BCUT2D eigenvalue weighted by molar-refractivity contribution is -0.386. The molecular weight excluding hydrogens is 456 g/mol. The van der Waals surface area contributed by atoms with Crippen molar-refractivity contribution >= 4 is 49.0 Å². The Kier molecular flexibility index (Phi) is 4.85. The number of hydrogen-bond donors (Lipinski definition) is 2. The molecule has 0 saturated carbocycles. The summed E-state index contributed by atoms with van der Waals surface area (Å²) in [5.41, 5.74) is -1.73. The lowest BCUT2D eigenvalue weighted by Gasteiger charge is -2.06. The Balaban J connectivity index is 2.62. The van der Waals surface area contributed by atoms with Gasteiger partial charge in [0.1, 0.15) is 0 Å². The number of benzene rings is 2. The molecule has 9 nitrogen and oxygen atoms in total. The molecule has 0 fully saturated rings. The summed E-state index contributed by atoms with van der Waals surface area (Å²) in [5, 5.41) is 41.0. The first kappa shape index (κ1) is 17.8. The minimum absolute atomic E-state index is 0.0765. The van der Waals surface area contributed by atoms with Crippen molar-refractivity contribution in [2.45, 2.75) is 0 Å². The number of ketones is 1. The van der Waals surface area contributed by atoms with Gasteiger partial charge in [-0.15, -0.1) is 0 Å². The van der Waals surface area contributed by atoms with Crippen molar-refractivity contribution in [2.75, 3.05) is 0 Å². The van der Waals surface area contributed by atoms with Gasteiger partial charge in [0, 0.05) is 23.3 Å². The molecule has 2 aromatic carbocycles. The molecule has 2 rings (SSSR count). The molecule has 0 aliphatic carbocycles. The van der Waals surface area contributed by atoms with Gasteiger partial charge < -0.3 is 10.2 Å². The van der Waals surface area contributed by atoms with E-state index >= 15 is 0 Å². The molecule has 0 spiro atoms. The largest absolute Gasteiger partial charge is 0.501 e. The average Bonchev–Trinajstić information content (AvgIpc) is 2.50. The molecule has 2 aromatic rings. The summed E-state index contributed by atoms with van der Waals surface area (Å²) in [4.78, 5) is 32.6. The van der Waals surface area contributed by atoms with Crippen molar-refractivity contribution < 1.29 is 24.9 Å². The Bertz CT molecular complexity index is 827. The van der Waals surface area contributed by atoms with Crippen molar-refractivity contribution in [3.05, 3.63) is 64.6 Å². The van der Waals surface area contributed by atoms with Crippen LogP contribution in [0.5, 0.6) is 11.5 Å². The van der Waals surface area contributed by atoms with E-state index in [2.05, 4.69) is 31.9 Å². The van der Waals surface area contributed by atoms with Gasteiger partial charge in [-0.3, -0.25) is 25.0 Å². The second-order valence-electron chi connectivity index (χ2n) is 4.49. The lowest BCUT2D eigenvalue weighted by Crippen LogP contribution is -2.04. The molecule has 0 aliphatic heterocycles. The van der Waals surface area contributed by atoms with Gasteiger partial charge in [-0.05, 0) is 44.0 Å². The standard InChI is InChI=1S/C13H6Br2N2O7/c14-7-1-5(3-9(12(7)19)16(21)22)11(18)6-2-8(15)13(20)10(4-6)17(23)24/h1-4,19-20H. The van der Waals surface area contributed by atoms with E-state index in [0.717, 1.165) is 24.3 Å². The molecule has 0 saturated heterocycles. The van der Waals surface area contributed by atoms with E-state index in [9.17, 15) is 35.2 Å². The van der Waals surface area contributed by atoms with Crippen LogP contribution in [0.1, 0.15) is 15.9 Å². The summed E-state index contributed by atoms with van der Waals surface area (Å²) in [5.74, 6) is -2.05. The van der Waals surface area contributed by atoms with E-state index in [4.69, 9.17) is 0 Å². The van der Waals surface area contributed by atoms with Crippen LogP contribution < -0.4 is 0 Å². The average molecular weight is 462 g/mol. The number of hydrogen-bond acceptors (Lipinski definition) is 7. The van der Waals surface area contributed by atoms with Crippen molar-refractivity contribution in [3.8, 4) is 11.5 Å². The van der Waals surface area contributed by atoms with Gasteiger partial charge in [0.05, 0.1) is 18.8 Å². The maximum atomic E-state index is 12.5. The minimum Gasteiger partial charge on any atom is -0.501 e. The molecule has 0 aliphatic rings. The minimum atomic E-state index is -0.869. The highest BCUT2D eigenvalue weighted by atomic mass is 79.9. The predicted molar refractivity (Wildman–Crippen MR) is 88.4 cm³/mol. The Hall–Kier alpha value is -2.53. The van der Waals surface area contributed by atoms with E-state index in [1.54, 1.807) is 0 Å². The van der Waals surface area contributed by atoms with Crippen molar-refractivity contribution in [1.82, 2.24) is 0 Å². The molecule has 0 aromatic heterocycles. The smallest absolute Gasteiger partial charge is 0.312 e. The number of phenolic OH excluding ortho intramolecular Hbond substituents is 2. The van der Waals surface area contributed by atoms with Crippen LogP contribution in [0.15, 0.2) is 33.2 Å². The predicted octanol–water partition coefficient (Wildman–Crippen LogP) is 3.67. The summed E-state index contributed by atoms with van der Waals surface area (Å²) in [6, 6.07) is 4.01. The van der Waals surface area contributed by atoms with Gasteiger partial charge in [0.15, 0.2) is 5.78 Å². The Morgan fingerprint density at radius 2 is 1.17 bits per heavy atom. The third kappa shape index (κ3) is 3.21. The van der Waals surface area contributed by atoms with Crippen LogP contribution in [0.3, 0.4) is 0 Å². The molecule has 0 atom stereocenters. The maximum absolute atomic E-state index is 12.5. The van der Waals surface area contributed by atoms with E-state index in [1.165, 1.54) is 0 Å². The van der Waals surface area contributed by atoms with Gasteiger partial charge >= 0.3 is 11.4 Å². The first-order valence-electron chi connectivity index (χ1n) is 6.02. The van der Waals surface area contributed by atoms with Crippen LogP contribution in [0.2, 0.25) is 0 Å². The molecule has 0 radical (unpaired) electrons. The van der Waals surface area contributed by atoms with Gasteiger partial charge in [0.25, 0.3) is 0 Å². The second kappa shape index (κ2) is 6.53. The Morgan fingerprint density at radius 3 is 1.46 bits per heavy atom. The number of nitrogens with zero attached hydrogens (tertiary/aromatic N) is 2. The summed E-state index contributed by atoms with van der Waals surface area (Å²) in [6.45, 7) is 0. The zero-order valence-corrected chi connectivity index (χ0v) is 14.6. The number of nitro benzene ring substituents is 2. The molecule has 0 bridgehead atoms. The number of nitro groups is 2. The second-order valence-corrected chi connectivity index (χ2v) is 6.20. The van der Waals surface area contributed by atoms with Gasteiger partial charge in [0.2, 0.25) is 11.5 Å². The van der Waals surface area contributed by atoms with Gasteiger partial charge in [-0.25, -0.2) is 0 Å². The van der Waals surface area contributed by atoms with E-state index < -0.39 is 38.5 Å². The fraction of sp³-hybridized carbons (Fsp3) is 0. The topological polar surface area (TPSA) is 144 Å². The summed E-state index contributed by atoms with van der Waals surface area (Å²) in [6.07, 6.45) is 0. The number of aromatic hydroxyl groups is 2. The molecule has 0 unspecified atom stereocenters. The number of halogens is 2. The fourth-order valence-electron chi connectivity index (χ4n) is 1.88. The zero-order valence-electron chi connectivity index (χ0n) is 11.4. The maximum Gasteiger partial charge on any atom is 0.312 e. The SMILES string of the molecule is O=C(c1cc(Br)c(O)c([N+](=O)[O-])c1)c1cc(Br)c(O)c([N+](=O)[O-])c1.